The van der Waals surface area contributed by atoms with Gasteiger partial charge in [0, 0.05) is 31.2 Å². The van der Waals surface area contributed by atoms with Crippen LogP contribution in [0.25, 0.3) is 0 Å². The molecule has 1 aromatic heterocycles. The third-order valence-corrected chi connectivity index (χ3v) is 4.25. The summed E-state index contributed by atoms with van der Waals surface area (Å²) in [7, 11) is 5.50. The summed E-state index contributed by atoms with van der Waals surface area (Å²) in [5.41, 5.74) is 2.72. The van der Waals surface area contributed by atoms with Crippen LogP contribution in [0.1, 0.15) is 10.5 Å². The fraction of sp³-hybridized carbons (Fsp3) is 0.150. The molecule has 1 heterocycles. The second kappa shape index (κ2) is 8.58. The number of nitrogens with zero attached hydrogens (tertiary/aromatic N) is 3. The number of hydrogen-bond donors (Lipinski definition) is 2. The SMILES string of the molecule is COc1ccc(NC(=O)c2cnc(Nc3ccc(N(C)C)cc3)cn2)cc1Cl. The topological polar surface area (TPSA) is 79.4 Å². The molecule has 144 valence electrons. The number of methoxy groups -OCH3 is 1. The van der Waals surface area contributed by atoms with Gasteiger partial charge in [-0.3, -0.25) is 4.79 Å². The zero-order valence-electron chi connectivity index (χ0n) is 15.7. The average Bonchev–Trinajstić information content (AvgIpc) is 2.69. The fourth-order valence-electron chi connectivity index (χ4n) is 2.44. The van der Waals surface area contributed by atoms with Gasteiger partial charge in [-0.05, 0) is 42.5 Å². The Hall–Kier alpha value is -3.32. The molecule has 2 N–H and O–H groups in total. The number of halogens is 1. The summed E-state index contributed by atoms with van der Waals surface area (Å²) in [5, 5.41) is 6.29. The summed E-state index contributed by atoms with van der Waals surface area (Å²) in [6.07, 6.45) is 2.92. The van der Waals surface area contributed by atoms with E-state index in [-0.39, 0.29) is 11.6 Å². The van der Waals surface area contributed by atoms with Gasteiger partial charge in [0.1, 0.15) is 17.3 Å². The number of anilines is 4. The molecule has 0 saturated heterocycles. The average molecular weight is 398 g/mol. The van der Waals surface area contributed by atoms with Crippen LogP contribution in [-0.2, 0) is 0 Å². The predicted octanol–water partition coefficient (Wildman–Crippen LogP) is 4.20. The highest BCUT2D eigenvalue weighted by Crippen LogP contribution is 2.27. The molecule has 7 nitrogen and oxygen atoms in total. The molecule has 1 amide bonds. The Balaban J connectivity index is 1.64. The van der Waals surface area contributed by atoms with Crippen LogP contribution < -0.4 is 20.3 Å². The molecular formula is C20H20ClN5O2. The van der Waals surface area contributed by atoms with Crippen LogP contribution in [0.2, 0.25) is 5.02 Å². The van der Waals surface area contributed by atoms with E-state index in [1.54, 1.807) is 18.2 Å². The number of amides is 1. The van der Waals surface area contributed by atoms with Gasteiger partial charge < -0.3 is 20.3 Å². The lowest BCUT2D eigenvalue weighted by Gasteiger charge is -2.13. The van der Waals surface area contributed by atoms with Crippen LogP contribution in [0.15, 0.2) is 54.9 Å². The van der Waals surface area contributed by atoms with Gasteiger partial charge in [-0.25, -0.2) is 9.97 Å². The van der Waals surface area contributed by atoms with E-state index in [0.717, 1.165) is 11.4 Å². The normalized spacial score (nSPS) is 10.3. The molecule has 0 saturated carbocycles. The molecule has 8 heteroatoms. The molecule has 0 aliphatic carbocycles. The third kappa shape index (κ3) is 4.69. The first-order chi connectivity index (χ1) is 13.5. The van der Waals surface area contributed by atoms with Gasteiger partial charge in [-0.15, -0.1) is 0 Å². The number of benzene rings is 2. The maximum Gasteiger partial charge on any atom is 0.275 e. The van der Waals surface area contributed by atoms with E-state index < -0.39 is 0 Å². The molecule has 3 rings (SSSR count). The van der Waals surface area contributed by atoms with Gasteiger partial charge in [-0.2, -0.15) is 0 Å². The van der Waals surface area contributed by atoms with Gasteiger partial charge in [0.25, 0.3) is 5.91 Å². The largest absolute Gasteiger partial charge is 0.495 e. The number of aromatic nitrogens is 2. The molecule has 2 aromatic carbocycles. The van der Waals surface area contributed by atoms with Gasteiger partial charge in [0.05, 0.1) is 24.5 Å². The van der Waals surface area contributed by atoms with Crippen molar-refractivity contribution >= 4 is 40.4 Å². The van der Waals surface area contributed by atoms with Crippen molar-refractivity contribution in [3.63, 3.8) is 0 Å². The Morgan fingerprint density at radius 2 is 1.75 bits per heavy atom. The highest BCUT2D eigenvalue weighted by Gasteiger charge is 2.10. The van der Waals surface area contributed by atoms with Crippen molar-refractivity contribution < 1.29 is 9.53 Å². The van der Waals surface area contributed by atoms with Gasteiger partial charge in [0.2, 0.25) is 0 Å². The molecule has 28 heavy (non-hydrogen) atoms. The van der Waals surface area contributed by atoms with E-state index in [1.807, 2.05) is 43.3 Å². The molecule has 0 spiro atoms. The van der Waals surface area contributed by atoms with E-state index in [0.29, 0.717) is 22.3 Å². The van der Waals surface area contributed by atoms with Crippen LogP contribution >= 0.6 is 11.6 Å². The van der Waals surface area contributed by atoms with Crippen LogP contribution in [0.3, 0.4) is 0 Å². The van der Waals surface area contributed by atoms with Gasteiger partial charge in [-0.1, -0.05) is 11.6 Å². The van der Waals surface area contributed by atoms with E-state index in [4.69, 9.17) is 16.3 Å². The standard InChI is InChI=1S/C20H20ClN5O2/c1-26(2)15-7-4-13(5-8-15)24-19-12-22-17(11-23-19)20(27)25-14-6-9-18(28-3)16(21)10-14/h4-12H,1-3H3,(H,23,24)(H,25,27). The summed E-state index contributed by atoms with van der Waals surface area (Å²) >= 11 is 6.07. The second-order valence-electron chi connectivity index (χ2n) is 6.16. The highest BCUT2D eigenvalue weighted by atomic mass is 35.5. The number of hydrogen-bond acceptors (Lipinski definition) is 6. The smallest absolute Gasteiger partial charge is 0.275 e. The van der Waals surface area contributed by atoms with Crippen molar-refractivity contribution in [1.82, 2.24) is 9.97 Å². The first-order valence-electron chi connectivity index (χ1n) is 8.47. The highest BCUT2D eigenvalue weighted by molar-refractivity contribution is 6.32. The summed E-state index contributed by atoms with van der Waals surface area (Å²) in [4.78, 5) is 22.8. The van der Waals surface area contributed by atoms with E-state index in [9.17, 15) is 4.79 Å². The number of carbonyl (C=O) groups excluding carboxylic acids is 1. The van der Waals surface area contributed by atoms with Gasteiger partial charge >= 0.3 is 0 Å². The minimum atomic E-state index is -0.379. The number of rotatable bonds is 6. The molecule has 0 aliphatic rings. The van der Waals surface area contributed by atoms with Crippen molar-refractivity contribution in [3.05, 3.63) is 65.6 Å². The van der Waals surface area contributed by atoms with Crippen LogP contribution in [0, 0.1) is 0 Å². The molecule has 3 aromatic rings. The first kappa shape index (κ1) is 19.4. The number of ether oxygens (including phenoxy) is 1. The number of carbonyl (C=O) groups is 1. The minimum Gasteiger partial charge on any atom is -0.495 e. The Morgan fingerprint density at radius 1 is 1.04 bits per heavy atom. The molecule has 0 unspecified atom stereocenters. The molecular weight excluding hydrogens is 378 g/mol. The Morgan fingerprint density at radius 3 is 2.32 bits per heavy atom. The summed E-state index contributed by atoms with van der Waals surface area (Å²) in [6.45, 7) is 0. The number of nitrogens with one attached hydrogen (secondary N) is 2. The quantitative estimate of drug-likeness (QED) is 0.649. The minimum absolute atomic E-state index is 0.195. The molecule has 0 bridgehead atoms. The summed E-state index contributed by atoms with van der Waals surface area (Å²) in [5.74, 6) is 0.700. The fourth-order valence-corrected chi connectivity index (χ4v) is 2.70. The van der Waals surface area contributed by atoms with Crippen molar-refractivity contribution in [1.29, 1.82) is 0 Å². The van der Waals surface area contributed by atoms with E-state index >= 15 is 0 Å². The predicted molar refractivity (Wildman–Crippen MR) is 112 cm³/mol. The third-order valence-electron chi connectivity index (χ3n) is 3.95. The molecule has 0 fully saturated rings. The van der Waals surface area contributed by atoms with Crippen molar-refractivity contribution in [2.24, 2.45) is 0 Å². The first-order valence-corrected chi connectivity index (χ1v) is 8.85. The lowest BCUT2D eigenvalue weighted by molar-refractivity contribution is 0.102. The van der Waals surface area contributed by atoms with Crippen molar-refractivity contribution in [2.45, 2.75) is 0 Å². The second-order valence-corrected chi connectivity index (χ2v) is 6.56. The zero-order valence-corrected chi connectivity index (χ0v) is 16.5. The molecule has 0 atom stereocenters. The van der Waals surface area contributed by atoms with Crippen molar-refractivity contribution in [3.8, 4) is 5.75 Å². The summed E-state index contributed by atoms with van der Waals surface area (Å²) < 4.78 is 5.09. The molecule has 0 aliphatic heterocycles. The van der Waals surface area contributed by atoms with E-state index in [1.165, 1.54) is 19.5 Å². The van der Waals surface area contributed by atoms with E-state index in [2.05, 4.69) is 20.6 Å². The van der Waals surface area contributed by atoms with Gasteiger partial charge in [0.15, 0.2) is 0 Å². The Labute approximate surface area is 168 Å². The zero-order chi connectivity index (χ0) is 20.1. The summed E-state index contributed by atoms with van der Waals surface area (Å²) in [6, 6.07) is 12.9. The Kier molecular flexibility index (Phi) is 5.96. The van der Waals surface area contributed by atoms with Crippen molar-refractivity contribution in [2.75, 3.05) is 36.7 Å². The maximum atomic E-state index is 12.3. The Bertz CT molecular complexity index is 959. The van der Waals surface area contributed by atoms with Crippen LogP contribution in [0.4, 0.5) is 22.9 Å². The lowest BCUT2D eigenvalue weighted by Crippen LogP contribution is -2.14. The van der Waals surface area contributed by atoms with Crippen LogP contribution in [0.5, 0.6) is 5.75 Å². The molecule has 0 radical (unpaired) electrons. The monoisotopic (exact) mass is 397 g/mol. The van der Waals surface area contributed by atoms with Crippen LogP contribution in [-0.4, -0.2) is 37.1 Å². The lowest BCUT2D eigenvalue weighted by atomic mass is 10.2. The maximum absolute atomic E-state index is 12.3.